The molecule has 0 aliphatic carbocycles. The van der Waals surface area contributed by atoms with E-state index in [1.807, 2.05) is 13.0 Å². The maximum Gasteiger partial charge on any atom is 0.258 e. The molecule has 0 bridgehead atoms. The van der Waals surface area contributed by atoms with E-state index in [1.54, 1.807) is 36.4 Å². The highest BCUT2D eigenvalue weighted by Crippen LogP contribution is 2.31. The average Bonchev–Trinajstić information content (AvgIpc) is 3.31. The Labute approximate surface area is 198 Å². The molecule has 0 atom stereocenters. The van der Waals surface area contributed by atoms with Crippen LogP contribution in [0.25, 0.3) is 6.08 Å². The fraction of sp³-hybridized carbons (Fsp3) is 0.130. The SMILES string of the molecule is CCOc1ccc(N=C2O/C(=C/c3sc(=S)n(Cc4ccc(F)cc4)c3O)N=C2C#N)cc1. The molecule has 2 aromatic carbocycles. The van der Waals surface area contributed by atoms with E-state index in [9.17, 15) is 14.8 Å². The number of thiazole rings is 1. The molecular formula is C23H17FN4O3S2. The maximum absolute atomic E-state index is 13.1. The van der Waals surface area contributed by atoms with Gasteiger partial charge in [0.15, 0.2) is 3.95 Å². The van der Waals surface area contributed by atoms with Crippen LogP contribution in [0.4, 0.5) is 10.1 Å². The molecule has 0 saturated carbocycles. The zero-order valence-electron chi connectivity index (χ0n) is 17.4. The van der Waals surface area contributed by atoms with Crippen molar-refractivity contribution in [2.24, 2.45) is 9.98 Å². The fourth-order valence-electron chi connectivity index (χ4n) is 2.97. The van der Waals surface area contributed by atoms with Crippen molar-refractivity contribution in [2.45, 2.75) is 13.5 Å². The number of ether oxygens (including phenoxy) is 2. The zero-order chi connectivity index (χ0) is 23.4. The third kappa shape index (κ3) is 5.16. The summed E-state index contributed by atoms with van der Waals surface area (Å²) in [6.07, 6.45) is 1.50. The molecule has 0 spiro atoms. The summed E-state index contributed by atoms with van der Waals surface area (Å²) in [5.74, 6) is 0.467. The minimum absolute atomic E-state index is 0.0176. The topological polar surface area (TPSA) is 92.1 Å². The summed E-state index contributed by atoms with van der Waals surface area (Å²) in [6.45, 7) is 2.74. The fourth-order valence-corrected chi connectivity index (χ4v) is 4.20. The van der Waals surface area contributed by atoms with Crippen LogP contribution in [0.5, 0.6) is 11.6 Å². The Morgan fingerprint density at radius 3 is 2.67 bits per heavy atom. The summed E-state index contributed by atoms with van der Waals surface area (Å²) >= 11 is 6.53. The Hall–Kier alpha value is -3.81. The highest BCUT2D eigenvalue weighted by molar-refractivity contribution is 7.73. The van der Waals surface area contributed by atoms with Crippen molar-refractivity contribution in [3.05, 3.63) is 74.6 Å². The van der Waals surface area contributed by atoms with Crippen molar-refractivity contribution >= 4 is 46.9 Å². The summed E-state index contributed by atoms with van der Waals surface area (Å²) in [5, 5.41) is 20.1. The van der Waals surface area contributed by atoms with Crippen LogP contribution in [0, 0.1) is 21.1 Å². The van der Waals surface area contributed by atoms with Gasteiger partial charge in [-0.1, -0.05) is 12.1 Å². The molecule has 2 heterocycles. The number of benzene rings is 2. The van der Waals surface area contributed by atoms with Gasteiger partial charge in [-0.3, -0.25) is 4.57 Å². The number of aromatic nitrogens is 1. The Morgan fingerprint density at radius 2 is 2.00 bits per heavy atom. The molecular weight excluding hydrogens is 463 g/mol. The highest BCUT2D eigenvalue weighted by Gasteiger charge is 2.23. The largest absolute Gasteiger partial charge is 0.494 e. The monoisotopic (exact) mass is 480 g/mol. The van der Waals surface area contributed by atoms with Crippen LogP contribution in [0.2, 0.25) is 0 Å². The van der Waals surface area contributed by atoms with Crippen molar-refractivity contribution in [3.8, 4) is 17.7 Å². The van der Waals surface area contributed by atoms with Crippen molar-refractivity contribution in [1.82, 2.24) is 4.57 Å². The molecule has 1 aromatic heterocycles. The lowest BCUT2D eigenvalue weighted by Crippen LogP contribution is -2.07. The number of nitrogens with zero attached hydrogens (tertiary/aromatic N) is 4. The second kappa shape index (κ2) is 9.77. The Kier molecular flexibility index (Phi) is 6.63. The summed E-state index contributed by atoms with van der Waals surface area (Å²) < 4.78 is 26.2. The number of aromatic hydroxyl groups is 1. The van der Waals surface area contributed by atoms with Crippen molar-refractivity contribution in [1.29, 1.82) is 5.26 Å². The third-order valence-electron chi connectivity index (χ3n) is 4.51. The lowest BCUT2D eigenvalue weighted by atomic mass is 10.2. The van der Waals surface area contributed by atoms with Gasteiger partial charge in [-0.25, -0.2) is 9.38 Å². The molecule has 4 rings (SSSR count). The molecule has 3 aromatic rings. The molecule has 7 nitrogen and oxygen atoms in total. The van der Waals surface area contributed by atoms with Gasteiger partial charge in [0, 0.05) is 6.08 Å². The number of hydrogen-bond donors (Lipinski definition) is 1. The van der Waals surface area contributed by atoms with Gasteiger partial charge in [-0.05, 0) is 61.1 Å². The van der Waals surface area contributed by atoms with E-state index in [1.165, 1.54) is 22.8 Å². The van der Waals surface area contributed by atoms with Gasteiger partial charge in [-0.2, -0.15) is 10.3 Å². The van der Waals surface area contributed by atoms with E-state index >= 15 is 0 Å². The van der Waals surface area contributed by atoms with Gasteiger partial charge in [0.25, 0.3) is 5.90 Å². The number of halogens is 1. The summed E-state index contributed by atoms with van der Waals surface area (Å²) in [6, 6.07) is 14.9. The molecule has 0 fully saturated rings. The summed E-state index contributed by atoms with van der Waals surface area (Å²) in [5.41, 5.74) is 1.37. The molecule has 1 aliphatic heterocycles. The Bertz CT molecular complexity index is 1360. The van der Waals surface area contributed by atoms with Crippen LogP contribution in [0.15, 0.2) is 64.4 Å². The van der Waals surface area contributed by atoms with Gasteiger partial charge in [0.2, 0.25) is 17.5 Å². The number of hydrogen-bond acceptors (Lipinski definition) is 8. The van der Waals surface area contributed by atoms with Gasteiger partial charge >= 0.3 is 0 Å². The van der Waals surface area contributed by atoms with Crippen LogP contribution in [0.3, 0.4) is 0 Å². The third-order valence-corrected chi connectivity index (χ3v) is 5.90. The number of rotatable bonds is 6. The van der Waals surface area contributed by atoms with Gasteiger partial charge in [0.1, 0.15) is 17.6 Å². The van der Waals surface area contributed by atoms with Crippen LogP contribution in [-0.4, -0.2) is 27.9 Å². The first-order valence-electron chi connectivity index (χ1n) is 9.84. The second-order valence-corrected chi connectivity index (χ2v) is 8.44. The quantitative estimate of drug-likeness (QED) is 0.464. The second-order valence-electron chi connectivity index (χ2n) is 6.77. The van der Waals surface area contributed by atoms with Crippen molar-refractivity contribution in [2.75, 3.05) is 6.61 Å². The van der Waals surface area contributed by atoms with Crippen molar-refractivity contribution < 1.29 is 19.0 Å². The first-order chi connectivity index (χ1) is 16.0. The molecule has 0 amide bonds. The molecule has 33 heavy (non-hydrogen) atoms. The van der Waals surface area contributed by atoms with Crippen LogP contribution in [-0.2, 0) is 11.3 Å². The van der Waals surface area contributed by atoms with Crippen LogP contribution < -0.4 is 4.74 Å². The predicted octanol–water partition coefficient (Wildman–Crippen LogP) is 5.59. The van der Waals surface area contributed by atoms with Crippen LogP contribution in [0.1, 0.15) is 17.4 Å². The van der Waals surface area contributed by atoms with E-state index in [4.69, 9.17) is 21.7 Å². The maximum atomic E-state index is 13.1. The molecule has 1 aliphatic rings. The predicted molar refractivity (Wildman–Crippen MR) is 127 cm³/mol. The smallest absolute Gasteiger partial charge is 0.258 e. The standard InChI is InChI=1S/C23H17FN4O3S2/c1-2-30-17-9-7-16(8-10-17)26-21-18(12-25)27-20(31-21)11-19-22(29)28(23(32)33-19)13-14-3-5-15(24)6-4-14/h3-11,29H,2,13H2,1H3/b20-11+,26-21?. The minimum atomic E-state index is -0.338. The summed E-state index contributed by atoms with van der Waals surface area (Å²) in [7, 11) is 0. The van der Waals surface area contributed by atoms with E-state index in [2.05, 4.69) is 9.98 Å². The lowest BCUT2D eigenvalue weighted by Gasteiger charge is -2.05. The minimum Gasteiger partial charge on any atom is -0.494 e. The normalized spacial score (nSPS) is 15.4. The van der Waals surface area contributed by atoms with Gasteiger partial charge < -0.3 is 14.6 Å². The van der Waals surface area contributed by atoms with E-state index in [0.717, 1.165) is 16.9 Å². The Morgan fingerprint density at radius 1 is 1.27 bits per heavy atom. The first-order valence-corrected chi connectivity index (χ1v) is 11.1. The summed E-state index contributed by atoms with van der Waals surface area (Å²) in [4.78, 5) is 8.91. The molecule has 0 radical (unpaired) electrons. The average molecular weight is 481 g/mol. The zero-order valence-corrected chi connectivity index (χ0v) is 19.0. The number of aliphatic imine (C=N–C) groups is 2. The molecule has 0 saturated heterocycles. The Balaban J connectivity index is 1.57. The molecule has 0 unspecified atom stereocenters. The van der Waals surface area contributed by atoms with Crippen LogP contribution >= 0.6 is 23.6 Å². The lowest BCUT2D eigenvalue weighted by molar-refractivity contribution is 0.340. The number of nitriles is 1. The van der Waals surface area contributed by atoms with E-state index in [0.29, 0.717) is 26.9 Å². The highest BCUT2D eigenvalue weighted by atomic mass is 32.1. The van der Waals surface area contributed by atoms with E-state index < -0.39 is 0 Å². The molecule has 166 valence electrons. The van der Waals surface area contributed by atoms with Gasteiger partial charge in [-0.15, -0.1) is 11.3 Å². The van der Waals surface area contributed by atoms with E-state index in [-0.39, 0.29) is 35.7 Å². The molecule has 1 N–H and O–H groups in total. The van der Waals surface area contributed by atoms with Gasteiger partial charge in [0.05, 0.1) is 23.7 Å². The molecule has 10 heteroatoms. The van der Waals surface area contributed by atoms with Crippen molar-refractivity contribution in [3.63, 3.8) is 0 Å². The first kappa shape index (κ1) is 22.4.